The zero-order valence-electron chi connectivity index (χ0n) is 23.8. The Morgan fingerprint density at radius 3 is 2.43 bits per heavy atom. The van der Waals surface area contributed by atoms with Crippen LogP contribution in [-0.2, 0) is 11.3 Å². The van der Waals surface area contributed by atoms with Crippen molar-refractivity contribution in [3.05, 3.63) is 125 Å². The number of fused-ring (bicyclic) bond motifs is 1. The first kappa shape index (κ1) is 27.4. The van der Waals surface area contributed by atoms with Crippen LogP contribution in [-0.4, -0.2) is 34.8 Å². The highest BCUT2D eigenvalue weighted by atomic mass is 16.2. The Labute approximate surface area is 246 Å². The zero-order chi connectivity index (χ0) is 28.9. The second kappa shape index (κ2) is 12.4. The molecule has 4 aromatic rings. The number of piperidine rings is 1. The van der Waals surface area contributed by atoms with Gasteiger partial charge < -0.3 is 16.0 Å². The zero-order valence-corrected chi connectivity index (χ0v) is 23.8. The van der Waals surface area contributed by atoms with Crippen molar-refractivity contribution in [2.24, 2.45) is 0 Å². The molecule has 3 N–H and O–H groups in total. The molecule has 0 spiro atoms. The lowest BCUT2D eigenvalue weighted by molar-refractivity contribution is -0.110. The Hall–Kier alpha value is -4.75. The van der Waals surface area contributed by atoms with Crippen LogP contribution >= 0.6 is 0 Å². The molecule has 0 radical (unpaired) electrons. The molecule has 42 heavy (non-hydrogen) atoms. The first-order valence-corrected chi connectivity index (χ1v) is 14.6. The van der Waals surface area contributed by atoms with Gasteiger partial charge >= 0.3 is 0 Å². The van der Waals surface area contributed by atoms with Gasteiger partial charge in [0.1, 0.15) is 0 Å². The number of nitrogens with zero attached hydrogens (tertiary/aromatic N) is 2. The Bertz CT molecular complexity index is 1590. The average molecular weight is 558 g/mol. The lowest BCUT2D eigenvalue weighted by Crippen LogP contribution is -2.29. The number of rotatable bonds is 8. The molecule has 1 fully saturated rings. The van der Waals surface area contributed by atoms with E-state index in [-0.39, 0.29) is 17.9 Å². The predicted molar refractivity (Wildman–Crippen MR) is 168 cm³/mol. The van der Waals surface area contributed by atoms with E-state index in [9.17, 15) is 9.59 Å². The highest BCUT2D eigenvalue weighted by Crippen LogP contribution is 2.38. The van der Waals surface area contributed by atoms with Crippen LogP contribution in [0.2, 0.25) is 0 Å². The summed E-state index contributed by atoms with van der Waals surface area (Å²) in [6.45, 7) is 5.20. The molecule has 7 nitrogen and oxygen atoms in total. The monoisotopic (exact) mass is 557 g/mol. The molecule has 1 atom stereocenters. The third-order valence-electron chi connectivity index (χ3n) is 7.92. The van der Waals surface area contributed by atoms with E-state index in [0.717, 1.165) is 30.9 Å². The van der Waals surface area contributed by atoms with Crippen molar-refractivity contribution >= 4 is 34.5 Å². The highest BCUT2D eigenvalue weighted by molar-refractivity contribution is 6.37. The molecule has 0 saturated carbocycles. The molecule has 0 aliphatic carbocycles. The molecule has 2 aliphatic rings. The standard InChI is InChI=1S/C35H35N5O2/c1-24(26-10-4-2-5-11-26)37-34(41)27-15-18-30-29(22-27)32(35(42)39-30)33(31-12-6-7-19-36-31)38-28-16-13-25(14-17-28)23-40-20-8-3-9-21-40/h2,4-7,10-19,22,24,38H,3,8-9,20-21,23H2,1H3,(H,37,41)(H,39,42)/t24-/m1/s1. The minimum absolute atomic E-state index is 0.162. The van der Waals surface area contributed by atoms with Gasteiger partial charge in [0, 0.05) is 35.2 Å². The molecule has 2 amide bonds. The van der Waals surface area contributed by atoms with Crippen LogP contribution in [0.5, 0.6) is 0 Å². The van der Waals surface area contributed by atoms with Gasteiger partial charge in [-0.05, 0) is 86.4 Å². The fourth-order valence-corrected chi connectivity index (χ4v) is 5.64. The smallest absolute Gasteiger partial charge is 0.258 e. The minimum atomic E-state index is -0.241. The van der Waals surface area contributed by atoms with Crippen LogP contribution in [0, 0.1) is 0 Å². The fraction of sp³-hybridized carbons (Fsp3) is 0.229. The summed E-state index contributed by atoms with van der Waals surface area (Å²) in [6, 6.07) is 29.0. The molecule has 1 saturated heterocycles. The second-order valence-corrected chi connectivity index (χ2v) is 10.9. The topological polar surface area (TPSA) is 86.4 Å². The summed E-state index contributed by atoms with van der Waals surface area (Å²) in [5.74, 6) is -0.445. The van der Waals surface area contributed by atoms with Crippen molar-refractivity contribution in [2.75, 3.05) is 23.7 Å². The first-order valence-electron chi connectivity index (χ1n) is 14.6. The molecule has 3 aromatic carbocycles. The van der Waals surface area contributed by atoms with Gasteiger partial charge in [0.05, 0.1) is 23.0 Å². The summed E-state index contributed by atoms with van der Waals surface area (Å²) in [5, 5.41) is 9.53. The molecule has 3 heterocycles. The molecule has 0 bridgehead atoms. The minimum Gasteiger partial charge on any atom is -0.353 e. The van der Waals surface area contributed by atoms with E-state index in [1.54, 1.807) is 24.4 Å². The molecule has 6 rings (SSSR count). The summed E-state index contributed by atoms with van der Waals surface area (Å²) in [7, 11) is 0. The van der Waals surface area contributed by atoms with Gasteiger partial charge in [0.25, 0.3) is 11.8 Å². The van der Waals surface area contributed by atoms with Crippen LogP contribution < -0.4 is 16.0 Å². The van der Waals surface area contributed by atoms with Crippen molar-refractivity contribution in [1.82, 2.24) is 15.2 Å². The highest BCUT2D eigenvalue weighted by Gasteiger charge is 2.30. The largest absolute Gasteiger partial charge is 0.353 e. The molecular weight excluding hydrogens is 522 g/mol. The van der Waals surface area contributed by atoms with Crippen molar-refractivity contribution in [3.8, 4) is 0 Å². The van der Waals surface area contributed by atoms with Crippen LogP contribution in [0.15, 0.2) is 97.2 Å². The summed E-state index contributed by atoms with van der Waals surface area (Å²) >= 11 is 0. The number of hydrogen-bond donors (Lipinski definition) is 3. The fourth-order valence-electron chi connectivity index (χ4n) is 5.64. The number of aromatic nitrogens is 1. The average Bonchev–Trinajstić information content (AvgIpc) is 3.36. The number of amides is 2. The van der Waals surface area contributed by atoms with E-state index >= 15 is 0 Å². The van der Waals surface area contributed by atoms with E-state index in [0.29, 0.717) is 33.8 Å². The van der Waals surface area contributed by atoms with Gasteiger partial charge in [-0.2, -0.15) is 0 Å². The number of carbonyl (C=O) groups is 2. The first-order chi connectivity index (χ1) is 20.5. The predicted octanol–water partition coefficient (Wildman–Crippen LogP) is 6.49. The Morgan fingerprint density at radius 2 is 1.69 bits per heavy atom. The Balaban J connectivity index is 1.30. The summed E-state index contributed by atoms with van der Waals surface area (Å²) in [4.78, 5) is 33.7. The molecule has 7 heteroatoms. The van der Waals surface area contributed by atoms with E-state index in [2.05, 4.69) is 38.0 Å². The van der Waals surface area contributed by atoms with Crippen LogP contribution in [0.4, 0.5) is 11.4 Å². The van der Waals surface area contributed by atoms with Gasteiger partial charge in [-0.25, -0.2) is 0 Å². The van der Waals surface area contributed by atoms with Gasteiger partial charge in [0.15, 0.2) is 0 Å². The summed E-state index contributed by atoms with van der Waals surface area (Å²) < 4.78 is 0. The van der Waals surface area contributed by atoms with Gasteiger partial charge in [-0.3, -0.25) is 19.5 Å². The number of likely N-dealkylation sites (tertiary alicyclic amines) is 1. The van der Waals surface area contributed by atoms with E-state index in [1.807, 2.05) is 67.6 Å². The lowest BCUT2D eigenvalue weighted by atomic mass is 9.99. The maximum absolute atomic E-state index is 13.4. The quantitative estimate of drug-likeness (QED) is 0.216. The number of anilines is 2. The number of carbonyl (C=O) groups excluding carboxylic acids is 2. The summed E-state index contributed by atoms with van der Waals surface area (Å²) in [6.07, 6.45) is 5.56. The Morgan fingerprint density at radius 1 is 0.929 bits per heavy atom. The summed E-state index contributed by atoms with van der Waals surface area (Å²) in [5.41, 5.74) is 6.62. The number of pyridine rings is 1. The molecule has 2 aliphatic heterocycles. The maximum atomic E-state index is 13.4. The van der Waals surface area contributed by atoms with Crippen LogP contribution in [0.1, 0.15) is 65.0 Å². The molecule has 0 unspecified atom stereocenters. The second-order valence-electron chi connectivity index (χ2n) is 10.9. The molecule has 212 valence electrons. The molecular formula is C35H35N5O2. The lowest BCUT2D eigenvalue weighted by Gasteiger charge is -2.26. The van der Waals surface area contributed by atoms with Crippen molar-refractivity contribution < 1.29 is 9.59 Å². The van der Waals surface area contributed by atoms with Gasteiger partial charge in [0.2, 0.25) is 0 Å². The van der Waals surface area contributed by atoms with E-state index in [1.165, 1.54) is 24.8 Å². The van der Waals surface area contributed by atoms with Gasteiger partial charge in [-0.1, -0.05) is 55.0 Å². The maximum Gasteiger partial charge on any atom is 0.258 e. The normalized spacial score (nSPS) is 16.7. The van der Waals surface area contributed by atoms with Crippen LogP contribution in [0.25, 0.3) is 11.3 Å². The Kier molecular flexibility index (Phi) is 8.10. The number of benzene rings is 3. The number of nitrogens with one attached hydrogen (secondary N) is 3. The van der Waals surface area contributed by atoms with Crippen molar-refractivity contribution in [1.29, 1.82) is 0 Å². The van der Waals surface area contributed by atoms with E-state index < -0.39 is 0 Å². The third-order valence-corrected chi connectivity index (χ3v) is 7.92. The van der Waals surface area contributed by atoms with Crippen molar-refractivity contribution in [3.63, 3.8) is 0 Å². The molecule has 1 aromatic heterocycles. The van der Waals surface area contributed by atoms with Crippen molar-refractivity contribution in [2.45, 2.75) is 38.8 Å². The SMILES string of the molecule is C[C@@H](NC(=O)c1ccc2c(c1)C(=C(Nc1ccc(CN3CCCCC3)cc1)c1ccccn1)C(=O)N2)c1ccccc1. The van der Waals surface area contributed by atoms with Gasteiger partial charge in [-0.15, -0.1) is 0 Å². The van der Waals surface area contributed by atoms with Crippen LogP contribution in [0.3, 0.4) is 0 Å². The third kappa shape index (κ3) is 6.11. The van der Waals surface area contributed by atoms with E-state index in [4.69, 9.17) is 0 Å². The number of hydrogen-bond acceptors (Lipinski definition) is 5.